The summed E-state index contributed by atoms with van der Waals surface area (Å²) in [5, 5.41) is 3.01. The van der Waals surface area contributed by atoms with Crippen LogP contribution in [0.3, 0.4) is 0 Å². The summed E-state index contributed by atoms with van der Waals surface area (Å²) in [7, 11) is 1.42. The Labute approximate surface area is 112 Å². The Kier molecular flexibility index (Phi) is 4.24. The van der Waals surface area contributed by atoms with E-state index >= 15 is 0 Å². The van der Waals surface area contributed by atoms with E-state index in [-0.39, 0.29) is 18.2 Å². The maximum atomic E-state index is 13.2. The molecule has 2 rings (SSSR count). The summed E-state index contributed by atoms with van der Waals surface area (Å²) in [6.45, 7) is 2.94. The number of methoxy groups -OCH3 is 1. The molecule has 5 heteroatoms. The van der Waals surface area contributed by atoms with E-state index in [1.54, 1.807) is 12.1 Å². The molecule has 1 aliphatic carbocycles. The monoisotopic (exact) mass is 266 g/mol. The predicted octanol–water partition coefficient (Wildman–Crippen LogP) is 2.26. The topological polar surface area (TPSA) is 41.6 Å². The summed E-state index contributed by atoms with van der Waals surface area (Å²) in [5.74, 6) is -0.159. The second kappa shape index (κ2) is 5.91. The number of nitrogens with one attached hydrogen (secondary N) is 1. The zero-order valence-corrected chi connectivity index (χ0v) is 11.3. The molecule has 1 aliphatic rings. The predicted molar refractivity (Wildman–Crippen MR) is 71.9 cm³/mol. The number of carbonyl (C=O) groups is 1. The molecule has 0 spiro atoms. The van der Waals surface area contributed by atoms with Gasteiger partial charge in [-0.05, 0) is 31.9 Å². The third kappa shape index (κ3) is 3.36. The average Bonchev–Trinajstić information content (AvgIpc) is 3.23. The first-order valence-corrected chi connectivity index (χ1v) is 6.52. The lowest BCUT2D eigenvalue weighted by Crippen LogP contribution is -2.37. The van der Waals surface area contributed by atoms with Crippen LogP contribution in [0.4, 0.5) is 10.1 Å². The molecular formula is C14H19FN2O2. The largest absolute Gasteiger partial charge is 0.494 e. The molecule has 1 aromatic rings. The summed E-state index contributed by atoms with van der Waals surface area (Å²) >= 11 is 0. The number of ether oxygens (including phenoxy) is 1. The minimum atomic E-state index is -0.410. The Morgan fingerprint density at radius 3 is 2.84 bits per heavy atom. The van der Waals surface area contributed by atoms with E-state index in [1.807, 2.05) is 11.8 Å². The van der Waals surface area contributed by atoms with Crippen molar-refractivity contribution in [3.8, 4) is 5.75 Å². The summed E-state index contributed by atoms with van der Waals surface area (Å²) in [4.78, 5) is 13.9. The zero-order valence-electron chi connectivity index (χ0n) is 11.3. The van der Waals surface area contributed by atoms with Gasteiger partial charge in [-0.25, -0.2) is 4.39 Å². The lowest BCUT2D eigenvalue weighted by atomic mass is 10.3. The summed E-state index contributed by atoms with van der Waals surface area (Å²) in [6.07, 6.45) is 2.20. The number of anilines is 1. The Hall–Kier alpha value is -1.78. The molecular weight excluding hydrogens is 247 g/mol. The highest BCUT2D eigenvalue weighted by Crippen LogP contribution is 2.26. The molecule has 0 unspecified atom stereocenters. The van der Waals surface area contributed by atoms with Crippen molar-refractivity contribution in [2.75, 3.05) is 25.5 Å². The van der Waals surface area contributed by atoms with Gasteiger partial charge in [-0.15, -0.1) is 0 Å². The van der Waals surface area contributed by atoms with E-state index < -0.39 is 5.82 Å². The van der Waals surface area contributed by atoms with Crippen molar-refractivity contribution >= 4 is 11.6 Å². The molecule has 0 heterocycles. The Balaban J connectivity index is 1.92. The zero-order chi connectivity index (χ0) is 13.8. The minimum Gasteiger partial charge on any atom is -0.494 e. The van der Waals surface area contributed by atoms with E-state index in [2.05, 4.69) is 5.32 Å². The second-order valence-corrected chi connectivity index (χ2v) is 4.61. The van der Waals surface area contributed by atoms with Gasteiger partial charge in [-0.3, -0.25) is 4.79 Å². The standard InChI is InChI=1S/C14H19FN2O2/c1-3-17(11-5-6-11)14(18)9-16-10-4-7-12(15)13(8-10)19-2/h4,7-8,11,16H,3,5-6,9H2,1-2H3. The molecule has 0 aliphatic heterocycles. The van der Waals surface area contributed by atoms with Crippen LogP contribution >= 0.6 is 0 Å². The van der Waals surface area contributed by atoms with Crippen LogP contribution in [0.2, 0.25) is 0 Å². The van der Waals surface area contributed by atoms with Gasteiger partial charge < -0.3 is 15.0 Å². The Morgan fingerprint density at radius 1 is 1.53 bits per heavy atom. The van der Waals surface area contributed by atoms with Crippen LogP contribution in [0, 0.1) is 5.82 Å². The fraction of sp³-hybridized carbons (Fsp3) is 0.500. The van der Waals surface area contributed by atoms with Gasteiger partial charge in [0.05, 0.1) is 13.7 Å². The quantitative estimate of drug-likeness (QED) is 0.858. The lowest BCUT2D eigenvalue weighted by Gasteiger charge is -2.20. The van der Waals surface area contributed by atoms with Gasteiger partial charge in [0, 0.05) is 24.3 Å². The fourth-order valence-corrected chi connectivity index (χ4v) is 2.07. The van der Waals surface area contributed by atoms with Crippen LogP contribution in [-0.2, 0) is 4.79 Å². The smallest absolute Gasteiger partial charge is 0.242 e. The molecule has 1 aromatic carbocycles. The highest BCUT2D eigenvalue weighted by atomic mass is 19.1. The molecule has 0 saturated heterocycles. The van der Waals surface area contributed by atoms with Crippen LogP contribution in [0.1, 0.15) is 19.8 Å². The van der Waals surface area contributed by atoms with Crippen molar-refractivity contribution in [1.29, 1.82) is 0 Å². The van der Waals surface area contributed by atoms with E-state index in [0.29, 0.717) is 11.7 Å². The van der Waals surface area contributed by atoms with Gasteiger partial charge in [0.25, 0.3) is 0 Å². The molecule has 104 valence electrons. The number of likely N-dealkylation sites (N-methyl/N-ethyl adjacent to an activating group) is 1. The maximum Gasteiger partial charge on any atom is 0.242 e. The van der Waals surface area contributed by atoms with E-state index in [1.165, 1.54) is 13.2 Å². The van der Waals surface area contributed by atoms with Crippen molar-refractivity contribution in [2.24, 2.45) is 0 Å². The molecule has 19 heavy (non-hydrogen) atoms. The van der Waals surface area contributed by atoms with Crippen molar-refractivity contribution in [3.05, 3.63) is 24.0 Å². The third-order valence-corrected chi connectivity index (χ3v) is 3.24. The highest BCUT2D eigenvalue weighted by molar-refractivity contribution is 5.81. The van der Waals surface area contributed by atoms with Crippen LogP contribution in [0.5, 0.6) is 5.75 Å². The molecule has 0 bridgehead atoms. The summed E-state index contributed by atoms with van der Waals surface area (Å²) in [6, 6.07) is 4.89. The number of rotatable bonds is 6. The number of halogens is 1. The van der Waals surface area contributed by atoms with Gasteiger partial charge >= 0.3 is 0 Å². The van der Waals surface area contributed by atoms with Gasteiger partial charge in [0.2, 0.25) is 5.91 Å². The second-order valence-electron chi connectivity index (χ2n) is 4.61. The Bertz CT molecular complexity index is 461. The van der Waals surface area contributed by atoms with Gasteiger partial charge in [0.1, 0.15) is 0 Å². The molecule has 1 N–H and O–H groups in total. The Morgan fingerprint density at radius 2 is 2.26 bits per heavy atom. The average molecular weight is 266 g/mol. The van der Waals surface area contributed by atoms with Crippen LogP contribution in [0.15, 0.2) is 18.2 Å². The van der Waals surface area contributed by atoms with Gasteiger partial charge in [-0.1, -0.05) is 0 Å². The molecule has 1 amide bonds. The molecule has 1 fully saturated rings. The number of amides is 1. The van der Waals surface area contributed by atoms with Crippen LogP contribution in [0.25, 0.3) is 0 Å². The highest BCUT2D eigenvalue weighted by Gasteiger charge is 2.30. The first-order valence-electron chi connectivity index (χ1n) is 6.52. The first kappa shape index (κ1) is 13.6. The number of hydrogen-bond acceptors (Lipinski definition) is 3. The fourth-order valence-electron chi connectivity index (χ4n) is 2.07. The van der Waals surface area contributed by atoms with E-state index in [9.17, 15) is 9.18 Å². The summed E-state index contributed by atoms with van der Waals surface area (Å²) in [5.41, 5.74) is 0.679. The lowest BCUT2D eigenvalue weighted by molar-refractivity contribution is -0.129. The van der Waals surface area contributed by atoms with Gasteiger partial charge in [0.15, 0.2) is 11.6 Å². The van der Waals surface area contributed by atoms with Gasteiger partial charge in [-0.2, -0.15) is 0 Å². The third-order valence-electron chi connectivity index (χ3n) is 3.24. The van der Waals surface area contributed by atoms with Crippen LogP contribution in [-0.4, -0.2) is 37.0 Å². The minimum absolute atomic E-state index is 0.0771. The van der Waals surface area contributed by atoms with Crippen molar-refractivity contribution in [1.82, 2.24) is 4.90 Å². The number of benzene rings is 1. The van der Waals surface area contributed by atoms with Crippen molar-refractivity contribution in [3.63, 3.8) is 0 Å². The number of carbonyl (C=O) groups excluding carboxylic acids is 1. The van der Waals surface area contributed by atoms with E-state index in [0.717, 1.165) is 19.4 Å². The molecule has 0 radical (unpaired) electrons. The normalized spacial score (nSPS) is 14.1. The SMILES string of the molecule is CCN(C(=O)CNc1ccc(F)c(OC)c1)C1CC1. The molecule has 1 saturated carbocycles. The van der Waals surface area contributed by atoms with Crippen LogP contribution < -0.4 is 10.1 Å². The van der Waals surface area contributed by atoms with Crippen molar-refractivity contribution < 1.29 is 13.9 Å². The van der Waals surface area contributed by atoms with E-state index in [4.69, 9.17) is 4.74 Å². The number of hydrogen-bond donors (Lipinski definition) is 1. The molecule has 0 atom stereocenters. The summed E-state index contributed by atoms with van der Waals surface area (Å²) < 4.78 is 18.1. The number of nitrogens with zero attached hydrogens (tertiary/aromatic N) is 1. The maximum absolute atomic E-state index is 13.2. The molecule has 0 aromatic heterocycles. The first-order chi connectivity index (χ1) is 9.15. The molecule has 4 nitrogen and oxygen atoms in total. The van der Waals surface area contributed by atoms with Crippen molar-refractivity contribution in [2.45, 2.75) is 25.8 Å².